The Labute approximate surface area is 159 Å². The van der Waals surface area contributed by atoms with Gasteiger partial charge in [0.25, 0.3) is 0 Å². The maximum Gasteiger partial charge on any atom is 0.195 e. The molecular weight excluding hydrogens is 356 g/mol. The highest BCUT2D eigenvalue weighted by Gasteiger charge is 2.15. The summed E-state index contributed by atoms with van der Waals surface area (Å²) in [4.78, 5) is 13.9. The van der Waals surface area contributed by atoms with Crippen LogP contribution in [0.3, 0.4) is 0 Å². The van der Waals surface area contributed by atoms with E-state index < -0.39 is 0 Å². The molecule has 4 rings (SSSR count). The van der Waals surface area contributed by atoms with Crippen molar-refractivity contribution in [2.45, 2.75) is 13.5 Å². The van der Waals surface area contributed by atoms with Crippen LogP contribution in [0.4, 0.5) is 5.82 Å². The van der Waals surface area contributed by atoms with Crippen LogP contribution < -0.4 is 0 Å². The quantitative estimate of drug-likeness (QED) is 0.461. The molecule has 0 saturated heterocycles. The first kappa shape index (κ1) is 16.9. The van der Waals surface area contributed by atoms with Crippen molar-refractivity contribution in [3.8, 4) is 16.5 Å². The van der Waals surface area contributed by atoms with Gasteiger partial charge in [0.1, 0.15) is 11.0 Å². The van der Waals surface area contributed by atoms with Gasteiger partial charge in [-0.25, -0.2) is 9.97 Å². The van der Waals surface area contributed by atoms with E-state index in [9.17, 15) is 0 Å². The van der Waals surface area contributed by atoms with Crippen LogP contribution in [0.1, 0.15) is 16.7 Å². The predicted octanol–water partition coefficient (Wildman–Crippen LogP) is 5.22. The predicted molar refractivity (Wildman–Crippen MR) is 105 cm³/mol. The largest absolute Gasteiger partial charge is 0.264 e. The molecule has 0 saturated carbocycles. The van der Waals surface area contributed by atoms with E-state index in [1.807, 2.05) is 43.3 Å². The van der Waals surface area contributed by atoms with Crippen LogP contribution in [0, 0.1) is 18.3 Å². The van der Waals surface area contributed by atoms with Crippen molar-refractivity contribution in [3.63, 3.8) is 0 Å². The number of hydrogen-bond acceptors (Lipinski definition) is 7. The molecule has 0 N–H and O–H groups in total. The molecule has 0 aliphatic carbocycles. The van der Waals surface area contributed by atoms with Crippen LogP contribution >= 0.6 is 11.3 Å². The number of fused-ring (bicyclic) bond motifs is 1. The lowest BCUT2D eigenvalue weighted by atomic mass is 10.1. The number of nitrogens with zero attached hydrogens (tertiary/aromatic N) is 6. The summed E-state index contributed by atoms with van der Waals surface area (Å²) in [7, 11) is 0. The van der Waals surface area contributed by atoms with Crippen LogP contribution in [-0.2, 0) is 6.54 Å². The van der Waals surface area contributed by atoms with E-state index in [4.69, 9.17) is 5.26 Å². The number of aromatic nitrogens is 3. The molecule has 0 radical (unpaired) electrons. The molecule has 3 heterocycles. The number of azo groups is 1. The summed E-state index contributed by atoms with van der Waals surface area (Å²) in [5, 5.41) is 17.6. The van der Waals surface area contributed by atoms with Crippen molar-refractivity contribution >= 4 is 27.4 Å². The Morgan fingerprint density at radius 1 is 1.15 bits per heavy atom. The first-order valence-corrected chi connectivity index (χ1v) is 9.09. The van der Waals surface area contributed by atoms with Gasteiger partial charge in [0.05, 0.1) is 23.7 Å². The van der Waals surface area contributed by atoms with Crippen molar-refractivity contribution in [2.75, 3.05) is 0 Å². The number of rotatable bonds is 4. The van der Waals surface area contributed by atoms with Gasteiger partial charge in [0.15, 0.2) is 5.82 Å². The average molecular weight is 370 g/mol. The van der Waals surface area contributed by atoms with Crippen molar-refractivity contribution in [3.05, 3.63) is 71.8 Å². The van der Waals surface area contributed by atoms with Crippen LogP contribution in [-0.4, -0.2) is 15.0 Å². The third-order valence-electron chi connectivity index (χ3n) is 4.10. The lowest BCUT2D eigenvalue weighted by Crippen LogP contribution is -1.83. The summed E-state index contributed by atoms with van der Waals surface area (Å²) in [5.41, 5.74) is 4.64. The van der Waals surface area contributed by atoms with Gasteiger partial charge in [-0.15, -0.1) is 16.5 Å². The number of benzene rings is 1. The SMILES string of the molecule is Cc1c(-c2ccc(C#N)cc2)sc2c(N=NCc3cccnc3)ncnc12. The Balaban J connectivity index is 1.70. The lowest BCUT2D eigenvalue weighted by molar-refractivity contribution is 0.939. The van der Waals surface area contributed by atoms with Gasteiger partial charge in [-0.3, -0.25) is 4.98 Å². The summed E-state index contributed by atoms with van der Waals surface area (Å²) >= 11 is 1.59. The number of aryl methyl sites for hydroxylation is 1. The van der Waals surface area contributed by atoms with Crippen LogP contribution in [0.15, 0.2) is 65.3 Å². The molecule has 1 aromatic carbocycles. The fraction of sp³-hybridized carbons (Fsp3) is 0.100. The Kier molecular flexibility index (Phi) is 4.64. The normalized spacial score (nSPS) is 11.1. The highest BCUT2D eigenvalue weighted by atomic mass is 32.1. The zero-order chi connectivity index (χ0) is 18.6. The molecule has 4 aromatic rings. The van der Waals surface area contributed by atoms with Gasteiger partial charge in [0.2, 0.25) is 0 Å². The van der Waals surface area contributed by atoms with Crippen molar-refractivity contribution < 1.29 is 0 Å². The second-order valence-corrected chi connectivity index (χ2v) is 6.90. The Hall–Kier alpha value is -3.50. The van der Waals surface area contributed by atoms with Gasteiger partial charge in [-0.2, -0.15) is 10.4 Å². The minimum Gasteiger partial charge on any atom is -0.264 e. The van der Waals surface area contributed by atoms with Crippen LogP contribution in [0.25, 0.3) is 20.7 Å². The number of pyridine rings is 1. The second-order valence-electron chi connectivity index (χ2n) is 5.88. The maximum absolute atomic E-state index is 8.98. The van der Waals surface area contributed by atoms with Gasteiger partial charge in [-0.05, 0) is 41.8 Å². The Morgan fingerprint density at radius 2 is 2.00 bits per heavy atom. The standard InChI is InChI=1S/C20H14N6S/c1-13-17-19(27-18(13)16-6-4-14(9-21)5-7-16)20(24-12-23-17)26-25-11-15-3-2-8-22-10-15/h2-8,10,12H,11H2,1H3. The molecule has 0 bridgehead atoms. The minimum absolute atomic E-state index is 0.451. The highest BCUT2D eigenvalue weighted by Crippen LogP contribution is 2.40. The molecule has 3 aromatic heterocycles. The second kappa shape index (κ2) is 7.40. The van der Waals surface area contributed by atoms with Gasteiger partial charge in [-0.1, -0.05) is 18.2 Å². The van der Waals surface area contributed by atoms with Crippen molar-refractivity contribution in [1.29, 1.82) is 5.26 Å². The van der Waals surface area contributed by atoms with E-state index in [0.717, 1.165) is 31.8 Å². The molecule has 0 atom stereocenters. The lowest BCUT2D eigenvalue weighted by Gasteiger charge is -1.99. The summed E-state index contributed by atoms with van der Waals surface area (Å²) in [6.07, 6.45) is 5.02. The van der Waals surface area contributed by atoms with E-state index >= 15 is 0 Å². The summed E-state index contributed by atoms with van der Waals surface area (Å²) < 4.78 is 0.907. The number of thiophene rings is 1. The molecule has 7 heteroatoms. The fourth-order valence-electron chi connectivity index (χ4n) is 2.73. The molecule has 0 aliphatic rings. The zero-order valence-corrected chi connectivity index (χ0v) is 15.3. The smallest absolute Gasteiger partial charge is 0.195 e. The third-order valence-corrected chi connectivity index (χ3v) is 5.43. The van der Waals surface area contributed by atoms with Gasteiger partial charge in [0, 0.05) is 17.3 Å². The molecule has 0 fully saturated rings. The minimum atomic E-state index is 0.451. The zero-order valence-electron chi connectivity index (χ0n) is 14.5. The molecule has 0 spiro atoms. The van der Waals surface area contributed by atoms with Crippen molar-refractivity contribution in [2.24, 2.45) is 10.2 Å². The molecule has 6 nitrogen and oxygen atoms in total. The van der Waals surface area contributed by atoms with Crippen LogP contribution in [0.2, 0.25) is 0 Å². The van der Waals surface area contributed by atoms with Gasteiger partial charge >= 0.3 is 0 Å². The van der Waals surface area contributed by atoms with E-state index in [1.54, 1.807) is 23.7 Å². The summed E-state index contributed by atoms with van der Waals surface area (Å²) in [6.45, 7) is 2.49. The maximum atomic E-state index is 8.98. The third kappa shape index (κ3) is 3.43. The molecule has 0 aliphatic heterocycles. The first-order chi connectivity index (χ1) is 13.3. The summed E-state index contributed by atoms with van der Waals surface area (Å²) in [6, 6.07) is 13.5. The molecule has 130 valence electrons. The van der Waals surface area contributed by atoms with E-state index in [1.165, 1.54) is 6.33 Å². The van der Waals surface area contributed by atoms with E-state index in [0.29, 0.717) is 17.9 Å². The topological polar surface area (TPSA) is 87.2 Å². The summed E-state index contributed by atoms with van der Waals surface area (Å²) in [5.74, 6) is 0.567. The van der Waals surface area contributed by atoms with E-state index in [2.05, 4.69) is 31.2 Å². The highest BCUT2D eigenvalue weighted by molar-refractivity contribution is 7.23. The average Bonchev–Trinajstić information content (AvgIpc) is 3.06. The fourth-order valence-corrected chi connectivity index (χ4v) is 3.93. The number of hydrogen-bond donors (Lipinski definition) is 0. The Bertz CT molecular complexity index is 1160. The molecular formula is C20H14N6S. The van der Waals surface area contributed by atoms with Crippen LogP contribution in [0.5, 0.6) is 0 Å². The Morgan fingerprint density at radius 3 is 2.74 bits per heavy atom. The monoisotopic (exact) mass is 370 g/mol. The first-order valence-electron chi connectivity index (χ1n) is 8.27. The number of nitriles is 1. The van der Waals surface area contributed by atoms with Gasteiger partial charge < -0.3 is 0 Å². The molecule has 0 amide bonds. The van der Waals surface area contributed by atoms with Crippen molar-refractivity contribution in [1.82, 2.24) is 15.0 Å². The molecule has 0 unspecified atom stereocenters. The van der Waals surface area contributed by atoms with E-state index in [-0.39, 0.29) is 0 Å². The molecule has 27 heavy (non-hydrogen) atoms.